The average Bonchev–Trinajstić information content (AvgIpc) is 3.67. The fourth-order valence-electron chi connectivity index (χ4n) is 6.39. The van der Waals surface area contributed by atoms with Gasteiger partial charge in [0.25, 0.3) is 11.8 Å². The number of nitrogen functional groups attached to an aromatic ring is 1. The van der Waals surface area contributed by atoms with Gasteiger partial charge >= 0.3 is 5.97 Å². The fraction of sp³-hybridized carbons (Fsp3) is 0.593. The topological polar surface area (TPSA) is 196 Å². The monoisotopic (exact) mass is 645 g/mol. The molecule has 1 aromatic heterocycles. The number of likely N-dealkylation sites (N-methyl/N-ethyl adjacent to an activating group) is 1. The van der Waals surface area contributed by atoms with E-state index in [1.807, 2.05) is 6.92 Å². The third-order valence-electron chi connectivity index (χ3n) is 8.64. The van der Waals surface area contributed by atoms with E-state index in [1.165, 1.54) is 19.2 Å². The first-order chi connectivity index (χ1) is 20.8. The molecule has 5 aliphatic rings. The number of amides is 2. The van der Waals surface area contributed by atoms with E-state index < -0.39 is 23.5 Å². The van der Waals surface area contributed by atoms with Crippen LogP contribution in [0.2, 0.25) is 0 Å². The maximum Gasteiger partial charge on any atom is 0.350 e. The van der Waals surface area contributed by atoms with E-state index in [9.17, 15) is 19.5 Å². The number of nitrogens with one attached hydrogen (secondary N) is 3. The zero-order valence-corrected chi connectivity index (χ0v) is 26.6. The lowest BCUT2D eigenvalue weighted by atomic mass is 10.0. The van der Waals surface area contributed by atoms with Gasteiger partial charge in [0, 0.05) is 41.6 Å². The summed E-state index contributed by atoms with van der Waals surface area (Å²) >= 11 is 2.68. The Labute approximate surface area is 262 Å². The molecule has 17 heteroatoms. The molecule has 0 saturated carbocycles. The Morgan fingerprint density at radius 2 is 2.05 bits per heavy atom. The molecule has 15 nitrogen and oxygen atoms in total. The minimum atomic E-state index is -1.70. The SMILES string of the molecule is CC1=NNC(C2=C(C[N+]3(C)C[C@H]4CNC[C@H]4C3)CS[C@@H]3[C@H](NC(=O)/C(=N\OC(C)(C)C(=O)O)c4csc(N)n4)C(=O)N23)=NC1. The molecule has 236 valence electrons. The van der Waals surface area contributed by atoms with Crippen LogP contribution in [0.3, 0.4) is 0 Å². The van der Waals surface area contributed by atoms with Crippen LogP contribution in [-0.4, -0.2) is 124 Å². The normalized spacial score (nSPS) is 30.1. The summed E-state index contributed by atoms with van der Waals surface area (Å²) in [6.07, 6.45) is 0. The average molecular weight is 646 g/mol. The molecule has 0 spiro atoms. The Balaban J connectivity index is 1.24. The summed E-state index contributed by atoms with van der Waals surface area (Å²) in [4.78, 5) is 54.6. The number of carbonyl (C=O) groups is 3. The Morgan fingerprint density at radius 3 is 2.66 bits per heavy atom. The van der Waals surface area contributed by atoms with Gasteiger partial charge < -0.3 is 30.8 Å². The number of amidine groups is 1. The Morgan fingerprint density at radius 1 is 1.32 bits per heavy atom. The lowest BCUT2D eigenvalue weighted by Crippen LogP contribution is -2.71. The third kappa shape index (κ3) is 5.68. The molecule has 1 unspecified atom stereocenters. The zero-order valence-electron chi connectivity index (χ0n) is 25.0. The van der Waals surface area contributed by atoms with Gasteiger partial charge in [0.2, 0.25) is 5.60 Å². The standard InChI is InChI=1S/C27H36N10O5S2/c1-13-5-30-21(34-33-13)20-16(10-37(4)8-14-6-29-7-15(14)9-37)11-43-24-19(23(39)36(20)24)32-22(38)18(17-12-44-26(28)31-17)35-42-27(2,3)25(40)41/h12,14-15,19,24,29H,5-11H2,1-4H3,(H4-,28,30,31,32,34,38,40,41)/p+1/b35-18-/t14-,15+,19-,24-,37?/m1/s1. The molecular weight excluding hydrogens is 608 g/mol. The number of aliphatic carboxylic acids is 1. The summed E-state index contributed by atoms with van der Waals surface area (Å²) in [7, 11) is 2.29. The van der Waals surface area contributed by atoms with E-state index in [-0.39, 0.29) is 27.8 Å². The molecule has 6 rings (SSSR count). The highest BCUT2D eigenvalue weighted by Crippen LogP contribution is 2.42. The number of rotatable bonds is 9. The van der Waals surface area contributed by atoms with Gasteiger partial charge in [0.05, 0.1) is 38.1 Å². The molecule has 44 heavy (non-hydrogen) atoms. The summed E-state index contributed by atoms with van der Waals surface area (Å²) in [5, 5.41) is 25.3. The smallest absolute Gasteiger partial charge is 0.350 e. The van der Waals surface area contributed by atoms with E-state index in [1.54, 1.807) is 16.7 Å². The van der Waals surface area contributed by atoms with Crippen LogP contribution in [0, 0.1) is 11.8 Å². The van der Waals surface area contributed by atoms with Crippen LogP contribution in [0.15, 0.2) is 31.9 Å². The van der Waals surface area contributed by atoms with E-state index in [2.05, 4.69) is 38.3 Å². The number of thiazole rings is 1. The van der Waals surface area contributed by atoms with Crippen molar-refractivity contribution in [3.8, 4) is 0 Å². The number of hydrogen-bond acceptors (Lipinski definition) is 13. The second-order valence-corrected chi connectivity index (χ2v) is 14.7. The molecule has 6 heterocycles. The molecule has 0 radical (unpaired) electrons. The number of β-lactam (4-membered cyclic amide) rings is 1. The Bertz CT molecular complexity index is 1510. The van der Waals surface area contributed by atoms with Crippen molar-refractivity contribution in [1.29, 1.82) is 0 Å². The number of oxime groups is 1. The van der Waals surface area contributed by atoms with Crippen molar-refractivity contribution < 1.29 is 28.8 Å². The Kier molecular flexibility index (Phi) is 7.92. The summed E-state index contributed by atoms with van der Waals surface area (Å²) in [6.45, 7) is 10.00. The lowest BCUT2D eigenvalue weighted by molar-refractivity contribution is -0.895. The molecule has 3 fully saturated rings. The minimum Gasteiger partial charge on any atom is -0.478 e. The van der Waals surface area contributed by atoms with Gasteiger partial charge in [-0.1, -0.05) is 5.16 Å². The van der Waals surface area contributed by atoms with Crippen LogP contribution >= 0.6 is 23.1 Å². The quantitative estimate of drug-likeness (QED) is 0.102. The number of carbonyl (C=O) groups excluding carboxylic acids is 2. The molecule has 2 amide bonds. The van der Waals surface area contributed by atoms with Crippen molar-refractivity contribution in [1.82, 2.24) is 25.9 Å². The van der Waals surface area contributed by atoms with Gasteiger partial charge in [-0.15, -0.1) is 23.1 Å². The number of thioether (sulfide) groups is 1. The molecule has 5 aliphatic heterocycles. The number of hydrogen-bond donors (Lipinski definition) is 5. The first-order valence-corrected chi connectivity index (χ1v) is 16.3. The summed E-state index contributed by atoms with van der Waals surface area (Å²) in [6, 6.07) is -0.853. The summed E-state index contributed by atoms with van der Waals surface area (Å²) < 4.78 is 0.905. The number of fused-ring (bicyclic) bond motifs is 2. The number of aliphatic imine (C=N–C) groups is 1. The zero-order chi connectivity index (χ0) is 31.4. The highest BCUT2D eigenvalue weighted by molar-refractivity contribution is 8.00. The largest absolute Gasteiger partial charge is 0.478 e. The first kappa shape index (κ1) is 30.5. The van der Waals surface area contributed by atoms with Gasteiger partial charge in [0.1, 0.15) is 23.7 Å². The predicted molar refractivity (Wildman–Crippen MR) is 167 cm³/mol. The van der Waals surface area contributed by atoms with Gasteiger partial charge in [0.15, 0.2) is 16.7 Å². The molecule has 1 aromatic rings. The highest BCUT2D eigenvalue weighted by atomic mass is 32.2. The maximum atomic E-state index is 13.8. The van der Waals surface area contributed by atoms with Crippen molar-refractivity contribution in [2.75, 3.05) is 57.8 Å². The minimum absolute atomic E-state index is 0.116. The van der Waals surface area contributed by atoms with Gasteiger partial charge in [-0.3, -0.25) is 24.9 Å². The van der Waals surface area contributed by atoms with Crippen LogP contribution in [0.5, 0.6) is 0 Å². The van der Waals surface area contributed by atoms with E-state index in [4.69, 9.17) is 15.6 Å². The van der Waals surface area contributed by atoms with Crippen LogP contribution < -0.4 is 21.8 Å². The lowest BCUT2D eigenvalue weighted by Gasteiger charge is -2.51. The van der Waals surface area contributed by atoms with Crippen LogP contribution in [-0.2, 0) is 19.2 Å². The maximum absolute atomic E-state index is 13.8. The summed E-state index contributed by atoms with van der Waals surface area (Å²) in [5.74, 6) is 0.269. The van der Waals surface area contributed by atoms with Gasteiger partial charge in [-0.2, -0.15) is 5.10 Å². The van der Waals surface area contributed by atoms with Crippen molar-refractivity contribution in [3.05, 3.63) is 22.3 Å². The molecule has 3 saturated heterocycles. The van der Waals surface area contributed by atoms with Crippen LogP contribution in [0.25, 0.3) is 0 Å². The fourth-order valence-corrected chi connectivity index (χ4v) is 8.28. The van der Waals surface area contributed by atoms with Crippen LogP contribution in [0.4, 0.5) is 5.13 Å². The number of nitrogens with zero attached hydrogens (tertiary/aromatic N) is 6. The molecule has 0 aliphatic carbocycles. The molecule has 0 bridgehead atoms. The number of nitrogens with two attached hydrogens (primary N) is 1. The molecule has 6 N–H and O–H groups in total. The number of quaternary nitrogens is 1. The Hall–Kier alpha value is -3.54. The summed E-state index contributed by atoms with van der Waals surface area (Å²) in [5.41, 5.74) is 9.70. The van der Waals surface area contributed by atoms with Crippen molar-refractivity contribution >= 4 is 63.3 Å². The predicted octanol–water partition coefficient (Wildman–Crippen LogP) is -0.363. The highest BCUT2D eigenvalue weighted by Gasteiger charge is 2.55. The number of carboxylic acids is 1. The van der Waals surface area contributed by atoms with Gasteiger partial charge in [-0.25, -0.2) is 9.78 Å². The first-order valence-electron chi connectivity index (χ1n) is 14.4. The molecule has 5 atom stereocenters. The van der Waals surface area contributed by atoms with Crippen molar-refractivity contribution in [2.45, 2.75) is 37.8 Å². The number of likely N-dealkylation sites (tertiary alicyclic amines) is 1. The number of carboxylic acid groups (broad SMARTS) is 1. The van der Waals surface area contributed by atoms with E-state index in [0.29, 0.717) is 30.0 Å². The third-order valence-corrected chi connectivity index (χ3v) is 10.7. The van der Waals surface area contributed by atoms with E-state index >= 15 is 0 Å². The van der Waals surface area contributed by atoms with Crippen molar-refractivity contribution in [3.63, 3.8) is 0 Å². The molecule has 0 aromatic carbocycles. The number of hydrazone groups is 1. The van der Waals surface area contributed by atoms with E-state index in [0.717, 1.165) is 65.5 Å². The second kappa shape index (κ2) is 11.4. The number of aromatic nitrogens is 1. The van der Waals surface area contributed by atoms with Gasteiger partial charge in [-0.05, 0) is 20.8 Å². The second-order valence-electron chi connectivity index (χ2n) is 12.7. The number of anilines is 1. The molecular formula is C27H37N10O5S2+. The van der Waals surface area contributed by atoms with Crippen molar-refractivity contribution in [2.24, 2.45) is 27.1 Å². The van der Waals surface area contributed by atoms with Crippen LogP contribution in [0.1, 0.15) is 26.5 Å².